The second-order valence-corrected chi connectivity index (χ2v) is 6.47. The highest BCUT2D eigenvalue weighted by atomic mass is 35.5. The summed E-state index contributed by atoms with van der Waals surface area (Å²) >= 11 is 6.31. The van der Waals surface area contributed by atoms with Crippen LogP contribution in [0.4, 0.5) is 5.69 Å². The van der Waals surface area contributed by atoms with Crippen LogP contribution in [0.5, 0.6) is 5.75 Å². The number of morpholine rings is 1. The maximum Gasteiger partial charge on any atom is 0.244 e. The number of benzene rings is 1. The molecule has 1 saturated heterocycles. The summed E-state index contributed by atoms with van der Waals surface area (Å²) in [6.45, 7) is 4.63. The Balaban J connectivity index is 1.57. The summed E-state index contributed by atoms with van der Waals surface area (Å²) in [6, 6.07) is 10.7. The van der Waals surface area contributed by atoms with Crippen LogP contribution in [0.3, 0.4) is 0 Å². The van der Waals surface area contributed by atoms with E-state index < -0.39 is 0 Å². The molecular formula is C19H22ClN3O3. The molecule has 26 heavy (non-hydrogen) atoms. The highest BCUT2D eigenvalue weighted by molar-refractivity contribution is 6.32. The molecule has 0 spiro atoms. The van der Waals surface area contributed by atoms with Gasteiger partial charge in [-0.05, 0) is 37.3 Å². The molecule has 0 aliphatic carbocycles. The first-order chi connectivity index (χ1) is 12.6. The van der Waals surface area contributed by atoms with Gasteiger partial charge < -0.3 is 19.7 Å². The summed E-state index contributed by atoms with van der Waals surface area (Å²) < 4.78 is 11.0. The fraction of sp³-hybridized carbons (Fsp3) is 0.368. The number of pyridine rings is 1. The normalized spacial score (nSPS) is 15.4. The lowest BCUT2D eigenvalue weighted by molar-refractivity contribution is -0.135. The summed E-state index contributed by atoms with van der Waals surface area (Å²) in [5.74, 6) is 0.634. The van der Waals surface area contributed by atoms with Gasteiger partial charge in [-0.15, -0.1) is 0 Å². The van der Waals surface area contributed by atoms with Crippen molar-refractivity contribution in [1.82, 2.24) is 9.88 Å². The smallest absolute Gasteiger partial charge is 0.244 e. The first kappa shape index (κ1) is 18.5. The van der Waals surface area contributed by atoms with Gasteiger partial charge in [0.25, 0.3) is 0 Å². The molecule has 1 aliphatic rings. The highest BCUT2D eigenvalue weighted by Crippen LogP contribution is 2.28. The third kappa shape index (κ3) is 4.86. The molecule has 2 heterocycles. The monoisotopic (exact) mass is 375 g/mol. The van der Waals surface area contributed by atoms with Gasteiger partial charge in [0, 0.05) is 25.0 Å². The summed E-state index contributed by atoms with van der Waals surface area (Å²) in [5.41, 5.74) is 1.60. The molecule has 0 bridgehead atoms. The van der Waals surface area contributed by atoms with Gasteiger partial charge in [-0.25, -0.2) is 0 Å². The highest BCUT2D eigenvalue weighted by Gasteiger charge is 2.22. The average molecular weight is 376 g/mol. The van der Waals surface area contributed by atoms with Crippen LogP contribution >= 0.6 is 11.6 Å². The number of anilines is 1. The lowest BCUT2D eigenvalue weighted by atomic mass is 10.2. The zero-order valence-electron chi connectivity index (χ0n) is 14.7. The molecule has 1 atom stereocenters. The number of nitrogens with one attached hydrogen (secondary N) is 1. The summed E-state index contributed by atoms with van der Waals surface area (Å²) in [6.07, 6.45) is 1.72. The van der Waals surface area contributed by atoms with Crippen molar-refractivity contribution in [3.8, 4) is 5.75 Å². The van der Waals surface area contributed by atoms with E-state index in [0.29, 0.717) is 43.7 Å². The molecule has 6 nitrogen and oxygen atoms in total. The first-order valence-electron chi connectivity index (χ1n) is 8.59. The van der Waals surface area contributed by atoms with E-state index in [-0.39, 0.29) is 11.9 Å². The van der Waals surface area contributed by atoms with Gasteiger partial charge in [0.1, 0.15) is 18.4 Å². The molecular weight excluding hydrogens is 354 g/mol. The Morgan fingerprint density at radius 2 is 2.15 bits per heavy atom. The molecule has 3 rings (SSSR count). The van der Waals surface area contributed by atoms with Gasteiger partial charge in [-0.3, -0.25) is 9.78 Å². The summed E-state index contributed by atoms with van der Waals surface area (Å²) in [7, 11) is 0. The zero-order valence-corrected chi connectivity index (χ0v) is 15.4. The van der Waals surface area contributed by atoms with Gasteiger partial charge in [-0.1, -0.05) is 17.7 Å². The van der Waals surface area contributed by atoms with Crippen LogP contribution in [0.1, 0.15) is 12.6 Å². The Labute approximate surface area is 158 Å². The number of ether oxygens (including phenoxy) is 2. The predicted octanol–water partition coefficient (Wildman–Crippen LogP) is 2.97. The Bertz CT molecular complexity index is 736. The summed E-state index contributed by atoms with van der Waals surface area (Å²) in [5, 5.41) is 3.68. The van der Waals surface area contributed by atoms with Gasteiger partial charge in [0.2, 0.25) is 5.91 Å². The Hall–Kier alpha value is -2.31. The fourth-order valence-corrected chi connectivity index (χ4v) is 2.95. The Morgan fingerprint density at radius 3 is 2.85 bits per heavy atom. The van der Waals surface area contributed by atoms with E-state index in [1.165, 1.54) is 0 Å². The van der Waals surface area contributed by atoms with E-state index in [2.05, 4.69) is 10.3 Å². The van der Waals surface area contributed by atoms with Gasteiger partial charge in [0.15, 0.2) is 0 Å². The molecule has 1 aliphatic heterocycles. The van der Waals surface area contributed by atoms with Crippen LogP contribution in [0.2, 0.25) is 5.02 Å². The molecule has 0 radical (unpaired) electrons. The van der Waals surface area contributed by atoms with Crippen LogP contribution in [0, 0.1) is 0 Å². The average Bonchev–Trinajstić information content (AvgIpc) is 2.68. The Morgan fingerprint density at radius 1 is 1.35 bits per heavy atom. The van der Waals surface area contributed by atoms with Crippen LogP contribution in [-0.2, 0) is 16.1 Å². The second-order valence-electron chi connectivity index (χ2n) is 6.06. The SMILES string of the molecule is CC(Nc1ccc(OCc2ccccn2)c(Cl)c1)C(=O)N1CCOCC1. The first-order valence-corrected chi connectivity index (χ1v) is 8.96. The molecule has 1 fully saturated rings. The lowest BCUT2D eigenvalue weighted by Gasteiger charge is -2.29. The number of halogens is 1. The number of hydrogen-bond acceptors (Lipinski definition) is 5. The van der Waals surface area contributed by atoms with E-state index >= 15 is 0 Å². The van der Waals surface area contributed by atoms with Crippen molar-refractivity contribution in [3.63, 3.8) is 0 Å². The number of hydrogen-bond donors (Lipinski definition) is 1. The van der Waals surface area contributed by atoms with Gasteiger partial charge in [-0.2, -0.15) is 0 Å². The maximum atomic E-state index is 12.5. The molecule has 1 unspecified atom stereocenters. The van der Waals surface area contributed by atoms with E-state index in [1.54, 1.807) is 18.3 Å². The molecule has 1 amide bonds. The van der Waals surface area contributed by atoms with E-state index in [4.69, 9.17) is 21.1 Å². The quantitative estimate of drug-likeness (QED) is 0.841. The molecule has 1 aromatic carbocycles. The zero-order chi connectivity index (χ0) is 18.4. The second kappa shape index (κ2) is 8.87. The third-order valence-corrected chi connectivity index (χ3v) is 4.41. The van der Waals surface area contributed by atoms with E-state index in [1.807, 2.05) is 36.1 Å². The number of rotatable bonds is 6. The summed E-state index contributed by atoms with van der Waals surface area (Å²) in [4.78, 5) is 18.5. The number of carbonyl (C=O) groups excluding carboxylic acids is 1. The molecule has 138 valence electrons. The lowest BCUT2D eigenvalue weighted by Crippen LogP contribution is -2.46. The van der Waals surface area contributed by atoms with Crippen molar-refractivity contribution in [3.05, 3.63) is 53.3 Å². The van der Waals surface area contributed by atoms with Crippen LogP contribution < -0.4 is 10.1 Å². The van der Waals surface area contributed by atoms with Crippen molar-refractivity contribution >= 4 is 23.2 Å². The minimum absolute atomic E-state index is 0.0555. The van der Waals surface area contributed by atoms with Gasteiger partial charge >= 0.3 is 0 Å². The third-order valence-electron chi connectivity index (χ3n) is 4.11. The minimum atomic E-state index is -0.343. The maximum absolute atomic E-state index is 12.5. The number of nitrogens with zero attached hydrogens (tertiary/aromatic N) is 2. The molecule has 0 saturated carbocycles. The van der Waals surface area contributed by atoms with Crippen LogP contribution in [-0.4, -0.2) is 48.1 Å². The van der Waals surface area contributed by atoms with Crippen molar-refractivity contribution in [2.45, 2.75) is 19.6 Å². The number of aromatic nitrogens is 1. The van der Waals surface area contributed by atoms with Crippen molar-refractivity contribution in [2.75, 3.05) is 31.6 Å². The number of amides is 1. The largest absolute Gasteiger partial charge is 0.486 e. The van der Waals surface area contributed by atoms with Crippen LogP contribution in [0.15, 0.2) is 42.6 Å². The van der Waals surface area contributed by atoms with E-state index in [0.717, 1.165) is 11.4 Å². The predicted molar refractivity (Wildman–Crippen MR) is 101 cm³/mol. The van der Waals surface area contributed by atoms with Crippen molar-refractivity contribution in [2.24, 2.45) is 0 Å². The van der Waals surface area contributed by atoms with Crippen molar-refractivity contribution < 1.29 is 14.3 Å². The number of carbonyl (C=O) groups is 1. The fourth-order valence-electron chi connectivity index (χ4n) is 2.71. The molecule has 1 aromatic heterocycles. The molecule has 2 aromatic rings. The molecule has 7 heteroatoms. The topological polar surface area (TPSA) is 63.7 Å². The van der Waals surface area contributed by atoms with E-state index in [9.17, 15) is 4.79 Å². The molecule has 1 N–H and O–H groups in total. The van der Waals surface area contributed by atoms with Crippen LogP contribution in [0.25, 0.3) is 0 Å². The minimum Gasteiger partial charge on any atom is -0.486 e. The standard InChI is InChI=1S/C19H22ClN3O3/c1-14(19(24)23-8-10-25-11-9-23)22-15-5-6-18(17(20)12-15)26-13-16-4-2-3-7-21-16/h2-7,12,14,22H,8-11,13H2,1H3. The van der Waals surface area contributed by atoms with Gasteiger partial charge in [0.05, 0.1) is 23.9 Å². The Kier molecular flexibility index (Phi) is 6.30. The van der Waals surface area contributed by atoms with Crippen molar-refractivity contribution in [1.29, 1.82) is 0 Å².